The van der Waals surface area contributed by atoms with Gasteiger partial charge in [0.25, 0.3) is 0 Å². The van der Waals surface area contributed by atoms with Crippen LogP contribution in [0.5, 0.6) is 0 Å². The van der Waals surface area contributed by atoms with Crippen molar-refractivity contribution < 1.29 is 4.79 Å². The van der Waals surface area contributed by atoms with Crippen LogP contribution in [0.15, 0.2) is 6.07 Å². The molecule has 2 heterocycles. The van der Waals surface area contributed by atoms with E-state index in [1.165, 1.54) is 12.8 Å². The molecule has 118 valence electrons. The smallest absolute Gasteiger partial charge is 0.239 e. The third-order valence-corrected chi connectivity index (χ3v) is 4.43. The van der Waals surface area contributed by atoms with Crippen LogP contribution in [0.1, 0.15) is 37.1 Å². The molecule has 1 aliphatic rings. The average molecular weight is 292 g/mol. The van der Waals surface area contributed by atoms with E-state index in [4.69, 9.17) is 0 Å². The lowest BCUT2D eigenvalue weighted by Gasteiger charge is -2.29. The molecular formula is C16H28N4O. The Morgan fingerprint density at radius 3 is 2.81 bits per heavy atom. The predicted molar refractivity (Wildman–Crippen MR) is 84.2 cm³/mol. The molecule has 1 aromatic rings. The first-order valence-electron chi connectivity index (χ1n) is 7.95. The van der Waals surface area contributed by atoms with Gasteiger partial charge in [0.1, 0.15) is 0 Å². The van der Waals surface area contributed by atoms with Crippen LogP contribution < -0.4 is 0 Å². The number of aromatic nitrogens is 2. The Kier molecular flexibility index (Phi) is 5.39. The number of nitrogens with zero attached hydrogens (tertiary/aromatic N) is 4. The minimum Gasteiger partial charge on any atom is -0.343 e. The van der Waals surface area contributed by atoms with Crippen LogP contribution in [0.25, 0.3) is 0 Å². The Bertz CT molecular complexity index is 483. The van der Waals surface area contributed by atoms with Gasteiger partial charge in [-0.25, -0.2) is 0 Å². The number of likely N-dealkylation sites (tertiary alicyclic amines) is 1. The zero-order valence-corrected chi connectivity index (χ0v) is 13.8. The SMILES string of the molecule is Cc1cc(C)n(CCN(C)C(=O)C2CCCCCN2C)n1. The Morgan fingerprint density at radius 1 is 1.38 bits per heavy atom. The van der Waals surface area contributed by atoms with Crippen LogP contribution in [-0.4, -0.2) is 58.7 Å². The second kappa shape index (κ2) is 7.07. The maximum absolute atomic E-state index is 12.6. The van der Waals surface area contributed by atoms with Gasteiger partial charge in [-0.2, -0.15) is 5.10 Å². The van der Waals surface area contributed by atoms with Crippen LogP contribution >= 0.6 is 0 Å². The quantitative estimate of drug-likeness (QED) is 0.850. The molecule has 0 aliphatic carbocycles. The number of hydrogen-bond donors (Lipinski definition) is 0. The topological polar surface area (TPSA) is 41.4 Å². The van der Waals surface area contributed by atoms with E-state index in [9.17, 15) is 4.79 Å². The number of amides is 1. The van der Waals surface area contributed by atoms with Crippen LogP contribution in [0.3, 0.4) is 0 Å². The fourth-order valence-electron chi connectivity index (χ4n) is 3.07. The van der Waals surface area contributed by atoms with Crippen molar-refractivity contribution in [3.8, 4) is 0 Å². The molecule has 0 spiro atoms. The maximum Gasteiger partial charge on any atom is 0.239 e. The van der Waals surface area contributed by atoms with Gasteiger partial charge in [-0.3, -0.25) is 14.4 Å². The van der Waals surface area contributed by atoms with E-state index in [1.54, 1.807) is 0 Å². The zero-order chi connectivity index (χ0) is 15.4. The van der Waals surface area contributed by atoms with E-state index in [0.29, 0.717) is 6.54 Å². The number of hydrogen-bond acceptors (Lipinski definition) is 3. The molecule has 1 amide bonds. The van der Waals surface area contributed by atoms with E-state index >= 15 is 0 Å². The Hall–Kier alpha value is -1.36. The van der Waals surface area contributed by atoms with E-state index in [2.05, 4.69) is 30.0 Å². The first-order chi connectivity index (χ1) is 9.99. The Morgan fingerprint density at radius 2 is 2.14 bits per heavy atom. The number of carbonyl (C=O) groups excluding carboxylic acids is 1. The molecule has 1 aliphatic heterocycles. The van der Waals surface area contributed by atoms with Crippen LogP contribution in [0.4, 0.5) is 0 Å². The highest BCUT2D eigenvalue weighted by molar-refractivity contribution is 5.81. The summed E-state index contributed by atoms with van der Waals surface area (Å²) in [6.45, 7) is 6.56. The van der Waals surface area contributed by atoms with Gasteiger partial charge in [-0.05, 0) is 46.3 Å². The molecule has 0 bridgehead atoms. The lowest BCUT2D eigenvalue weighted by Crippen LogP contribution is -2.46. The Labute approximate surface area is 127 Å². The summed E-state index contributed by atoms with van der Waals surface area (Å²) in [5.41, 5.74) is 2.19. The van der Waals surface area contributed by atoms with E-state index in [0.717, 1.165) is 37.3 Å². The van der Waals surface area contributed by atoms with Crippen molar-refractivity contribution in [1.29, 1.82) is 0 Å². The van der Waals surface area contributed by atoms with Crippen molar-refractivity contribution in [2.45, 2.75) is 52.1 Å². The molecule has 0 saturated carbocycles. The first-order valence-corrected chi connectivity index (χ1v) is 7.95. The van der Waals surface area contributed by atoms with Crippen molar-refractivity contribution in [3.63, 3.8) is 0 Å². The summed E-state index contributed by atoms with van der Waals surface area (Å²) < 4.78 is 1.98. The molecule has 2 rings (SSSR count). The van der Waals surface area contributed by atoms with Crippen molar-refractivity contribution in [3.05, 3.63) is 17.5 Å². The van der Waals surface area contributed by atoms with Gasteiger partial charge in [0.2, 0.25) is 5.91 Å². The predicted octanol–water partition coefficient (Wildman–Crippen LogP) is 1.83. The van der Waals surface area contributed by atoms with Crippen molar-refractivity contribution in [2.75, 3.05) is 27.2 Å². The molecule has 5 nitrogen and oxygen atoms in total. The summed E-state index contributed by atoms with van der Waals surface area (Å²) >= 11 is 0. The lowest BCUT2D eigenvalue weighted by atomic mass is 10.1. The summed E-state index contributed by atoms with van der Waals surface area (Å²) in [6, 6.07) is 2.12. The molecular weight excluding hydrogens is 264 g/mol. The molecule has 1 unspecified atom stereocenters. The fourth-order valence-corrected chi connectivity index (χ4v) is 3.07. The minimum absolute atomic E-state index is 0.0537. The molecule has 1 atom stereocenters. The number of likely N-dealkylation sites (N-methyl/N-ethyl adjacent to an activating group) is 2. The molecule has 21 heavy (non-hydrogen) atoms. The standard InChI is InChI=1S/C16H28N4O/c1-13-12-14(2)20(17-13)11-10-19(4)16(21)15-8-6-5-7-9-18(15)3/h12,15H,5-11H2,1-4H3. The van der Waals surface area contributed by atoms with Crippen LogP contribution in [0.2, 0.25) is 0 Å². The average Bonchev–Trinajstić information content (AvgIpc) is 2.63. The summed E-state index contributed by atoms with van der Waals surface area (Å²) in [4.78, 5) is 16.7. The summed E-state index contributed by atoms with van der Waals surface area (Å²) in [5, 5.41) is 4.45. The summed E-state index contributed by atoms with van der Waals surface area (Å²) in [5.74, 6) is 0.251. The van der Waals surface area contributed by atoms with Gasteiger partial charge < -0.3 is 4.90 Å². The van der Waals surface area contributed by atoms with Gasteiger partial charge in [0.05, 0.1) is 18.3 Å². The Balaban J connectivity index is 1.91. The lowest BCUT2D eigenvalue weighted by molar-refractivity contribution is -0.135. The third-order valence-electron chi connectivity index (χ3n) is 4.43. The second-order valence-electron chi connectivity index (χ2n) is 6.26. The summed E-state index contributed by atoms with van der Waals surface area (Å²) in [6.07, 6.45) is 4.59. The molecule has 5 heteroatoms. The largest absolute Gasteiger partial charge is 0.343 e. The molecule has 1 saturated heterocycles. The molecule has 1 aromatic heterocycles. The van der Waals surface area contributed by atoms with Gasteiger partial charge >= 0.3 is 0 Å². The van der Waals surface area contributed by atoms with Crippen LogP contribution in [-0.2, 0) is 11.3 Å². The number of carbonyl (C=O) groups is 1. The molecule has 0 N–H and O–H groups in total. The van der Waals surface area contributed by atoms with Crippen LogP contribution in [0, 0.1) is 13.8 Å². The highest BCUT2D eigenvalue weighted by Crippen LogP contribution is 2.16. The normalized spacial score (nSPS) is 20.3. The first kappa shape index (κ1) is 16.0. The highest BCUT2D eigenvalue weighted by Gasteiger charge is 2.27. The molecule has 0 aromatic carbocycles. The van der Waals surface area contributed by atoms with Crippen molar-refractivity contribution in [1.82, 2.24) is 19.6 Å². The highest BCUT2D eigenvalue weighted by atomic mass is 16.2. The van der Waals surface area contributed by atoms with Gasteiger partial charge in [0, 0.05) is 19.3 Å². The monoisotopic (exact) mass is 292 g/mol. The molecule has 0 radical (unpaired) electrons. The maximum atomic E-state index is 12.6. The second-order valence-corrected chi connectivity index (χ2v) is 6.26. The fraction of sp³-hybridized carbons (Fsp3) is 0.750. The van der Waals surface area contributed by atoms with Gasteiger partial charge in [0.15, 0.2) is 0 Å². The van der Waals surface area contributed by atoms with Gasteiger partial charge in [-0.15, -0.1) is 0 Å². The summed E-state index contributed by atoms with van der Waals surface area (Å²) in [7, 11) is 3.98. The van der Waals surface area contributed by atoms with E-state index in [1.807, 2.05) is 23.6 Å². The third kappa shape index (κ3) is 4.06. The number of aryl methyl sites for hydroxylation is 2. The van der Waals surface area contributed by atoms with E-state index < -0.39 is 0 Å². The zero-order valence-electron chi connectivity index (χ0n) is 13.8. The van der Waals surface area contributed by atoms with Crippen molar-refractivity contribution in [2.24, 2.45) is 0 Å². The van der Waals surface area contributed by atoms with E-state index in [-0.39, 0.29) is 11.9 Å². The minimum atomic E-state index is 0.0537. The molecule has 1 fully saturated rings. The van der Waals surface area contributed by atoms with Crippen molar-refractivity contribution >= 4 is 5.91 Å². The van der Waals surface area contributed by atoms with Gasteiger partial charge in [-0.1, -0.05) is 12.8 Å². The number of rotatable bonds is 4.